The molecule has 0 spiro atoms. The van der Waals surface area contributed by atoms with Gasteiger partial charge in [0.15, 0.2) is 5.78 Å². The summed E-state index contributed by atoms with van der Waals surface area (Å²) in [6.07, 6.45) is 8.70. The number of carbonyl (C=O) groups is 1. The molecule has 2 rings (SSSR count). The fourth-order valence-electron chi connectivity index (χ4n) is 3.16. The fraction of sp³-hybridized carbons (Fsp3) is 0.647. The Balaban J connectivity index is 2.28. The lowest BCUT2D eigenvalue weighted by atomic mass is 9.76. The second-order valence-electron chi connectivity index (χ2n) is 6.39. The van der Waals surface area contributed by atoms with Crippen LogP contribution in [0.1, 0.15) is 56.3 Å². The monoisotopic (exact) mass is 290 g/mol. The van der Waals surface area contributed by atoms with Crippen LogP contribution in [0, 0.1) is 0 Å². The van der Waals surface area contributed by atoms with E-state index in [0.29, 0.717) is 11.3 Å². The zero-order valence-corrected chi connectivity index (χ0v) is 13.6. The number of rotatable bonds is 5. The Bertz CT molecular complexity index is 491. The third kappa shape index (κ3) is 3.43. The standard InChI is InChI=1S/C17H26N2O2/c1-13(2)21-15-10-14(11-18-12-15)16(20)17(19(3)4)8-6-5-7-9-17/h10-13H,5-9H2,1-4H3. The number of ketones is 1. The summed E-state index contributed by atoms with van der Waals surface area (Å²) >= 11 is 0. The van der Waals surface area contributed by atoms with Gasteiger partial charge in [-0.3, -0.25) is 14.7 Å². The quantitative estimate of drug-likeness (QED) is 0.780. The van der Waals surface area contributed by atoms with E-state index in [4.69, 9.17) is 4.74 Å². The summed E-state index contributed by atoms with van der Waals surface area (Å²) in [5.41, 5.74) is 0.278. The molecule has 0 radical (unpaired) electrons. The van der Waals surface area contributed by atoms with Crippen LogP contribution in [0.3, 0.4) is 0 Å². The minimum atomic E-state index is -0.379. The smallest absolute Gasteiger partial charge is 0.184 e. The molecule has 116 valence electrons. The van der Waals surface area contributed by atoms with E-state index in [0.717, 1.165) is 25.7 Å². The molecule has 0 atom stereocenters. The van der Waals surface area contributed by atoms with Gasteiger partial charge in [0, 0.05) is 11.8 Å². The van der Waals surface area contributed by atoms with Crippen molar-refractivity contribution in [1.29, 1.82) is 0 Å². The van der Waals surface area contributed by atoms with Crippen molar-refractivity contribution in [1.82, 2.24) is 9.88 Å². The second kappa shape index (κ2) is 6.56. The van der Waals surface area contributed by atoms with Gasteiger partial charge in [-0.05, 0) is 46.9 Å². The van der Waals surface area contributed by atoms with Crippen LogP contribution in [0.5, 0.6) is 5.75 Å². The van der Waals surface area contributed by atoms with Gasteiger partial charge in [-0.25, -0.2) is 0 Å². The summed E-state index contributed by atoms with van der Waals surface area (Å²) < 4.78 is 5.66. The maximum Gasteiger partial charge on any atom is 0.184 e. The van der Waals surface area contributed by atoms with Gasteiger partial charge < -0.3 is 4.74 Å². The Hall–Kier alpha value is -1.42. The normalized spacial score (nSPS) is 18.0. The van der Waals surface area contributed by atoms with Gasteiger partial charge >= 0.3 is 0 Å². The van der Waals surface area contributed by atoms with Crippen molar-refractivity contribution in [2.75, 3.05) is 14.1 Å². The molecule has 1 saturated carbocycles. The molecule has 4 nitrogen and oxygen atoms in total. The lowest BCUT2D eigenvalue weighted by Gasteiger charge is -2.41. The van der Waals surface area contributed by atoms with Crippen LogP contribution in [0.2, 0.25) is 0 Å². The highest BCUT2D eigenvalue weighted by atomic mass is 16.5. The first kappa shape index (κ1) is 16.0. The molecule has 1 aromatic rings. The summed E-state index contributed by atoms with van der Waals surface area (Å²) in [5.74, 6) is 0.842. The van der Waals surface area contributed by atoms with Crippen LogP contribution in [-0.2, 0) is 0 Å². The lowest BCUT2D eigenvalue weighted by Crippen LogP contribution is -2.52. The van der Waals surface area contributed by atoms with E-state index in [2.05, 4.69) is 9.88 Å². The van der Waals surface area contributed by atoms with E-state index >= 15 is 0 Å². The fourth-order valence-corrected chi connectivity index (χ4v) is 3.16. The molecule has 0 aliphatic heterocycles. The predicted molar refractivity (Wildman–Crippen MR) is 83.8 cm³/mol. The maximum atomic E-state index is 13.1. The number of nitrogens with zero attached hydrogens (tertiary/aromatic N) is 2. The molecule has 1 fully saturated rings. The van der Waals surface area contributed by atoms with Crippen LogP contribution in [0.4, 0.5) is 0 Å². The average molecular weight is 290 g/mol. The van der Waals surface area contributed by atoms with Crippen LogP contribution in [0.15, 0.2) is 18.5 Å². The second-order valence-corrected chi connectivity index (χ2v) is 6.39. The molecular formula is C17H26N2O2. The highest BCUT2D eigenvalue weighted by molar-refractivity contribution is 6.03. The van der Waals surface area contributed by atoms with Gasteiger partial charge in [0.25, 0.3) is 0 Å². The Kier molecular flexibility index (Phi) is 4.99. The number of aromatic nitrogens is 1. The number of pyridine rings is 1. The third-order valence-electron chi connectivity index (χ3n) is 4.31. The van der Waals surface area contributed by atoms with Crippen LogP contribution >= 0.6 is 0 Å². The van der Waals surface area contributed by atoms with E-state index in [-0.39, 0.29) is 17.4 Å². The summed E-state index contributed by atoms with van der Waals surface area (Å²) in [4.78, 5) is 19.3. The molecule has 1 aliphatic carbocycles. The first-order valence-corrected chi connectivity index (χ1v) is 7.79. The van der Waals surface area contributed by atoms with Crippen molar-refractivity contribution >= 4 is 5.78 Å². The Morgan fingerprint density at radius 3 is 2.48 bits per heavy atom. The molecule has 0 saturated heterocycles. The number of Topliss-reactive ketones (excluding diaryl/α,β-unsaturated/α-hetero) is 1. The Morgan fingerprint density at radius 1 is 1.24 bits per heavy atom. The van der Waals surface area contributed by atoms with Gasteiger partial charge in [0.1, 0.15) is 5.75 Å². The zero-order chi connectivity index (χ0) is 15.5. The molecule has 0 N–H and O–H groups in total. The van der Waals surface area contributed by atoms with Gasteiger partial charge in [0.2, 0.25) is 0 Å². The van der Waals surface area contributed by atoms with E-state index in [1.54, 1.807) is 12.4 Å². The summed E-state index contributed by atoms with van der Waals surface area (Å²) in [7, 11) is 4.01. The van der Waals surface area contributed by atoms with E-state index < -0.39 is 0 Å². The maximum absolute atomic E-state index is 13.1. The average Bonchev–Trinajstić information content (AvgIpc) is 2.46. The largest absolute Gasteiger partial charge is 0.489 e. The molecule has 1 aromatic heterocycles. The van der Waals surface area contributed by atoms with Crippen molar-refractivity contribution in [3.05, 3.63) is 24.0 Å². The molecular weight excluding hydrogens is 264 g/mol. The topological polar surface area (TPSA) is 42.4 Å². The molecule has 1 heterocycles. The number of hydrogen-bond acceptors (Lipinski definition) is 4. The first-order chi connectivity index (χ1) is 9.95. The number of likely N-dealkylation sites (N-methyl/N-ethyl adjacent to an activating group) is 1. The van der Waals surface area contributed by atoms with E-state index in [1.807, 2.05) is 34.0 Å². The summed E-state index contributed by atoms with van der Waals surface area (Å²) in [6, 6.07) is 1.83. The molecule has 0 bridgehead atoms. The third-order valence-corrected chi connectivity index (χ3v) is 4.31. The van der Waals surface area contributed by atoms with Gasteiger partial charge in [0.05, 0.1) is 17.8 Å². The Labute approximate surface area is 127 Å². The highest BCUT2D eigenvalue weighted by Gasteiger charge is 2.41. The summed E-state index contributed by atoms with van der Waals surface area (Å²) in [6.45, 7) is 3.94. The molecule has 0 aromatic carbocycles. The minimum absolute atomic E-state index is 0.0784. The van der Waals surface area contributed by atoms with E-state index in [1.165, 1.54) is 6.42 Å². The molecule has 1 aliphatic rings. The van der Waals surface area contributed by atoms with Gasteiger partial charge in [-0.15, -0.1) is 0 Å². The van der Waals surface area contributed by atoms with Gasteiger partial charge in [-0.2, -0.15) is 0 Å². The van der Waals surface area contributed by atoms with E-state index in [9.17, 15) is 4.79 Å². The number of carbonyl (C=O) groups excluding carboxylic acids is 1. The lowest BCUT2D eigenvalue weighted by molar-refractivity contribution is 0.0563. The van der Waals surface area contributed by atoms with Crippen molar-refractivity contribution in [2.24, 2.45) is 0 Å². The van der Waals surface area contributed by atoms with Crippen molar-refractivity contribution < 1.29 is 9.53 Å². The SMILES string of the molecule is CC(C)Oc1cncc(C(=O)C2(N(C)C)CCCCC2)c1. The minimum Gasteiger partial charge on any atom is -0.489 e. The van der Waals surface area contributed by atoms with Crippen molar-refractivity contribution in [3.8, 4) is 5.75 Å². The van der Waals surface area contributed by atoms with Crippen molar-refractivity contribution in [3.63, 3.8) is 0 Å². The highest BCUT2D eigenvalue weighted by Crippen LogP contribution is 2.35. The molecule has 0 amide bonds. The van der Waals surface area contributed by atoms with Crippen LogP contribution in [-0.4, -0.2) is 41.4 Å². The van der Waals surface area contributed by atoms with Crippen LogP contribution < -0.4 is 4.74 Å². The van der Waals surface area contributed by atoms with Crippen LogP contribution in [0.25, 0.3) is 0 Å². The molecule has 4 heteroatoms. The molecule has 21 heavy (non-hydrogen) atoms. The Morgan fingerprint density at radius 2 is 1.90 bits per heavy atom. The number of ether oxygens (including phenoxy) is 1. The zero-order valence-electron chi connectivity index (χ0n) is 13.6. The van der Waals surface area contributed by atoms with Gasteiger partial charge in [-0.1, -0.05) is 19.3 Å². The summed E-state index contributed by atoms with van der Waals surface area (Å²) in [5, 5.41) is 0. The molecule has 0 unspecified atom stereocenters. The first-order valence-electron chi connectivity index (χ1n) is 7.79. The van der Waals surface area contributed by atoms with Crippen molar-refractivity contribution in [2.45, 2.75) is 57.6 Å². The number of hydrogen-bond donors (Lipinski definition) is 0. The predicted octanol–water partition coefficient (Wildman–Crippen LogP) is 3.32.